The maximum Gasteiger partial charge on any atom is 0.253 e. The van der Waals surface area contributed by atoms with Crippen LogP contribution in [0, 0.1) is 5.92 Å². The van der Waals surface area contributed by atoms with E-state index in [2.05, 4.69) is 23.5 Å². The number of hydrogen-bond acceptors (Lipinski definition) is 2. The van der Waals surface area contributed by atoms with Gasteiger partial charge in [0.2, 0.25) is 0 Å². The minimum Gasteiger partial charge on any atom is -0.339 e. The maximum absolute atomic E-state index is 12.6. The highest BCUT2D eigenvalue weighted by molar-refractivity contribution is 5.94. The molecule has 0 aliphatic carbocycles. The van der Waals surface area contributed by atoms with Gasteiger partial charge >= 0.3 is 0 Å². The third-order valence-electron chi connectivity index (χ3n) is 5.12. The summed E-state index contributed by atoms with van der Waals surface area (Å²) in [7, 11) is 0. The van der Waals surface area contributed by atoms with Crippen molar-refractivity contribution in [1.29, 1.82) is 0 Å². The zero-order chi connectivity index (χ0) is 15.2. The second kappa shape index (κ2) is 7.77. The van der Waals surface area contributed by atoms with Gasteiger partial charge in [0.05, 0.1) is 0 Å². The molecule has 1 N–H and O–H groups in total. The third kappa shape index (κ3) is 4.10. The molecule has 1 amide bonds. The smallest absolute Gasteiger partial charge is 0.253 e. The van der Waals surface area contributed by atoms with Crippen molar-refractivity contribution < 1.29 is 4.79 Å². The molecule has 3 heteroatoms. The molecule has 1 aromatic carbocycles. The van der Waals surface area contributed by atoms with E-state index in [4.69, 9.17) is 0 Å². The van der Waals surface area contributed by atoms with Crippen LogP contribution in [0.15, 0.2) is 24.3 Å². The van der Waals surface area contributed by atoms with Gasteiger partial charge in [0, 0.05) is 18.7 Å². The summed E-state index contributed by atoms with van der Waals surface area (Å²) >= 11 is 0. The third-order valence-corrected chi connectivity index (χ3v) is 5.12. The largest absolute Gasteiger partial charge is 0.339 e. The minimum absolute atomic E-state index is 0.225. The van der Waals surface area contributed by atoms with E-state index < -0.39 is 0 Å². The maximum atomic E-state index is 12.6. The highest BCUT2D eigenvalue weighted by atomic mass is 16.2. The second-order valence-electron chi connectivity index (χ2n) is 6.79. The van der Waals surface area contributed by atoms with Crippen LogP contribution < -0.4 is 5.32 Å². The Kier molecular flexibility index (Phi) is 5.49. The molecule has 0 atom stereocenters. The summed E-state index contributed by atoms with van der Waals surface area (Å²) in [6, 6.07) is 8.33. The fraction of sp³-hybridized carbons (Fsp3) is 0.632. The molecule has 2 heterocycles. The van der Waals surface area contributed by atoms with Gasteiger partial charge in [-0.1, -0.05) is 12.1 Å². The quantitative estimate of drug-likeness (QED) is 0.926. The van der Waals surface area contributed by atoms with Gasteiger partial charge in [-0.25, -0.2) is 0 Å². The molecule has 3 nitrogen and oxygen atoms in total. The zero-order valence-corrected chi connectivity index (χ0v) is 13.5. The number of benzene rings is 1. The minimum atomic E-state index is 0.225. The first-order valence-corrected chi connectivity index (χ1v) is 8.92. The average Bonchev–Trinajstić information content (AvgIpc) is 2.61. The molecule has 0 bridgehead atoms. The van der Waals surface area contributed by atoms with Gasteiger partial charge in [0.15, 0.2) is 0 Å². The predicted octanol–water partition coefficient (Wildman–Crippen LogP) is 3.24. The molecule has 0 saturated carbocycles. The van der Waals surface area contributed by atoms with Crippen LogP contribution in [-0.2, 0) is 6.42 Å². The first-order chi connectivity index (χ1) is 10.8. The van der Waals surface area contributed by atoms with Gasteiger partial charge in [-0.15, -0.1) is 0 Å². The number of rotatable bonds is 4. The SMILES string of the molecule is O=C(c1cccc(CCC2CCNCC2)c1)N1CCCCC1. The Bertz CT molecular complexity index is 488. The molecule has 0 aromatic heterocycles. The van der Waals surface area contributed by atoms with E-state index in [1.807, 2.05) is 11.0 Å². The van der Waals surface area contributed by atoms with E-state index in [-0.39, 0.29) is 5.91 Å². The fourth-order valence-corrected chi connectivity index (χ4v) is 3.68. The average molecular weight is 300 g/mol. The molecule has 2 aliphatic rings. The Labute approximate surface area is 134 Å². The van der Waals surface area contributed by atoms with Crippen molar-refractivity contribution in [3.63, 3.8) is 0 Å². The van der Waals surface area contributed by atoms with Crippen LogP contribution in [0.2, 0.25) is 0 Å². The Morgan fingerprint density at radius 1 is 1.14 bits per heavy atom. The number of piperidine rings is 2. The van der Waals surface area contributed by atoms with Gasteiger partial charge in [-0.2, -0.15) is 0 Å². The number of nitrogens with one attached hydrogen (secondary N) is 1. The standard InChI is InChI=1S/C19H28N2O/c22-19(21-13-2-1-3-14-21)18-6-4-5-17(15-18)8-7-16-9-11-20-12-10-16/h4-6,15-16,20H,1-3,7-14H2. The zero-order valence-electron chi connectivity index (χ0n) is 13.5. The number of carbonyl (C=O) groups is 1. The Hall–Kier alpha value is -1.35. The van der Waals surface area contributed by atoms with E-state index in [0.717, 1.165) is 56.9 Å². The number of carbonyl (C=O) groups excluding carboxylic acids is 1. The summed E-state index contributed by atoms with van der Waals surface area (Å²) < 4.78 is 0. The Morgan fingerprint density at radius 3 is 2.68 bits per heavy atom. The van der Waals surface area contributed by atoms with Crippen LogP contribution in [-0.4, -0.2) is 37.0 Å². The van der Waals surface area contributed by atoms with Crippen LogP contribution in [0.4, 0.5) is 0 Å². The highest BCUT2D eigenvalue weighted by Gasteiger charge is 2.18. The van der Waals surface area contributed by atoms with Crippen molar-refractivity contribution in [3.05, 3.63) is 35.4 Å². The van der Waals surface area contributed by atoms with Gasteiger partial charge in [0.1, 0.15) is 0 Å². The van der Waals surface area contributed by atoms with Gasteiger partial charge < -0.3 is 10.2 Å². The van der Waals surface area contributed by atoms with Crippen LogP contribution in [0.3, 0.4) is 0 Å². The van der Waals surface area contributed by atoms with Crippen molar-refractivity contribution in [2.24, 2.45) is 5.92 Å². The van der Waals surface area contributed by atoms with Crippen molar-refractivity contribution in [3.8, 4) is 0 Å². The summed E-state index contributed by atoms with van der Waals surface area (Å²) in [6.07, 6.45) is 8.52. The Balaban J connectivity index is 1.58. The fourth-order valence-electron chi connectivity index (χ4n) is 3.68. The summed E-state index contributed by atoms with van der Waals surface area (Å²) in [5.41, 5.74) is 2.20. The number of aryl methyl sites for hydroxylation is 1. The van der Waals surface area contributed by atoms with Gasteiger partial charge in [0.25, 0.3) is 5.91 Å². The van der Waals surface area contributed by atoms with Crippen molar-refractivity contribution in [2.45, 2.75) is 44.9 Å². The summed E-state index contributed by atoms with van der Waals surface area (Å²) in [4.78, 5) is 14.6. The molecule has 0 spiro atoms. The Morgan fingerprint density at radius 2 is 1.91 bits per heavy atom. The molecule has 2 aliphatic heterocycles. The molecular weight excluding hydrogens is 272 g/mol. The molecule has 1 aromatic rings. The van der Waals surface area contributed by atoms with Crippen molar-refractivity contribution in [2.75, 3.05) is 26.2 Å². The number of likely N-dealkylation sites (tertiary alicyclic amines) is 1. The molecular formula is C19H28N2O. The lowest BCUT2D eigenvalue weighted by Crippen LogP contribution is -2.35. The van der Waals surface area contributed by atoms with E-state index in [1.54, 1.807) is 0 Å². The first kappa shape index (κ1) is 15.5. The van der Waals surface area contributed by atoms with Crippen LogP contribution in [0.5, 0.6) is 0 Å². The summed E-state index contributed by atoms with van der Waals surface area (Å²) in [5, 5.41) is 3.42. The normalized spacial score (nSPS) is 20.1. The van der Waals surface area contributed by atoms with Gasteiger partial charge in [-0.3, -0.25) is 4.79 Å². The first-order valence-electron chi connectivity index (χ1n) is 8.92. The lowest BCUT2D eigenvalue weighted by atomic mass is 9.91. The second-order valence-corrected chi connectivity index (χ2v) is 6.79. The van der Waals surface area contributed by atoms with Crippen LogP contribution in [0.25, 0.3) is 0 Å². The molecule has 0 unspecified atom stereocenters. The van der Waals surface area contributed by atoms with Crippen molar-refractivity contribution in [1.82, 2.24) is 10.2 Å². The van der Waals surface area contributed by atoms with E-state index >= 15 is 0 Å². The van der Waals surface area contributed by atoms with Crippen molar-refractivity contribution >= 4 is 5.91 Å². The van der Waals surface area contributed by atoms with Crippen LogP contribution >= 0.6 is 0 Å². The highest BCUT2D eigenvalue weighted by Crippen LogP contribution is 2.20. The molecule has 120 valence electrons. The van der Waals surface area contributed by atoms with Crippen LogP contribution in [0.1, 0.15) is 54.4 Å². The lowest BCUT2D eigenvalue weighted by molar-refractivity contribution is 0.0724. The number of nitrogens with zero attached hydrogens (tertiary/aromatic N) is 1. The monoisotopic (exact) mass is 300 g/mol. The van der Waals surface area contributed by atoms with E-state index in [1.165, 1.54) is 31.2 Å². The molecule has 2 fully saturated rings. The van der Waals surface area contributed by atoms with E-state index in [9.17, 15) is 4.79 Å². The molecule has 0 radical (unpaired) electrons. The van der Waals surface area contributed by atoms with E-state index in [0.29, 0.717) is 0 Å². The lowest BCUT2D eigenvalue weighted by Gasteiger charge is -2.27. The number of amides is 1. The molecule has 22 heavy (non-hydrogen) atoms. The molecule has 2 saturated heterocycles. The summed E-state index contributed by atoms with van der Waals surface area (Å²) in [6.45, 7) is 4.19. The summed E-state index contributed by atoms with van der Waals surface area (Å²) in [5.74, 6) is 1.08. The predicted molar refractivity (Wildman–Crippen MR) is 90.1 cm³/mol. The number of hydrogen-bond donors (Lipinski definition) is 1. The topological polar surface area (TPSA) is 32.3 Å². The van der Waals surface area contributed by atoms with Gasteiger partial charge in [-0.05, 0) is 81.6 Å². The molecule has 3 rings (SSSR count).